The predicted octanol–water partition coefficient (Wildman–Crippen LogP) is 7.78. The first-order valence-electron chi connectivity index (χ1n) is 12.5. The number of sulfone groups is 1. The maximum Gasteiger partial charge on any atom is 0.416 e. The number of hydrogen-bond donors (Lipinski definition) is 1. The molecule has 0 amide bonds. The van der Waals surface area contributed by atoms with Crippen molar-refractivity contribution in [1.29, 1.82) is 0 Å². The van der Waals surface area contributed by atoms with Gasteiger partial charge < -0.3 is 9.84 Å². The minimum Gasteiger partial charge on any atom is -0.489 e. The van der Waals surface area contributed by atoms with E-state index in [0.29, 0.717) is 16.7 Å². The molecule has 0 fully saturated rings. The standard InChI is InChI=1S/C32H23F3O5S/c33-32(34,35)27-6-3-7-28(18-27)40-19-21-8-10-23(11-9-21)25-12-13-26(30(17-25)31(36)37)20-41(38,39)29-15-14-22-4-1-2-5-24(22)16-29/h1-18H,19-20H2,(H,36,37). The summed E-state index contributed by atoms with van der Waals surface area (Å²) in [5, 5.41) is 11.5. The molecule has 0 heterocycles. The van der Waals surface area contributed by atoms with Crippen LogP contribution in [0, 0.1) is 0 Å². The molecule has 0 aromatic heterocycles. The lowest BCUT2D eigenvalue weighted by Gasteiger charge is -2.12. The SMILES string of the molecule is O=C(O)c1cc(-c2ccc(COc3cccc(C(F)(F)F)c3)cc2)ccc1CS(=O)(=O)c1ccc2ccccc2c1. The lowest BCUT2D eigenvalue weighted by atomic mass is 9.99. The summed E-state index contributed by atoms with van der Waals surface area (Å²) in [4.78, 5) is 12.2. The molecule has 5 aromatic carbocycles. The van der Waals surface area contributed by atoms with Gasteiger partial charge >= 0.3 is 12.1 Å². The number of halogens is 3. The number of ether oxygens (including phenoxy) is 1. The van der Waals surface area contributed by atoms with Crippen LogP contribution in [0.5, 0.6) is 5.75 Å². The zero-order chi connectivity index (χ0) is 29.2. The van der Waals surface area contributed by atoms with Crippen molar-refractivity contribution in [2.24, 2.45) is 0 Å². The Hall–Kier alpha value is -4.63. The average Bonchev–Trinajstić information content (AvgIpc) is 2.96. The lowest BCUT2D eigenvalue weighted by molar-refractivity contribution is -0.137. The Morgan fingerprint density at radius 2 is 1.46 bits per heavy atom. The fourth-order valence-corrected chi connectivity index (χ4v) is 5.86. The van der Waals surface area contributed by atoms with Crippen molar-refractivity contribution in [3.8, 4) is 16.9 Å². The monoisotopic (exact) mass is 576 g/mol. The smallest absolute Gasteiger partial charge is 0.416 e. The van der Waals surface area contributed by atoms with Crippen molar-refractivity contribution in [3.05, 3.63) is 131 Å². The third-order valence-electron chi connectivity index (χ3n) is 6.62. The zero-order valence-electron chi connectivity index (χ0n) is 21.4. The highest BCUT2D eigenvalue weighted by atomic mass is 32.2. The maximum atomic E-state index is 13.2. The number of alkyl halides is 3. The largest absolute Gasteiger partial charge is 0.489 e. The van der Waals surface area contributed by atoms with E-state index in [2.05, 4.69) is 0 Å². The Morgan fingerprint density at radius 1 is 0.756 bits per heavy atom. The Kier molecular flexibility index (Phi) is 7.55. The van der Waals surface area contributed by atoms with E-state index in [1.54, 1.807) is 42.5 Å². The second kappa shape index (κ2) is 11.1. The molecule has 41 heavy (non-hydrogen) atoms. The zero-order valence-corrected chi connectivity index (χ0v) is 22.2. The molecule has 0 saturated carbocycles. The average molecular weight is 577 g/mol. The molecule has 0 saturated heterocycles. The molecule has 0 aliphatic heterocycles. The van der Waals surface area contributed by atoms with Crippen molar-refractivity contribution < 1.29 is 36.2 Å². The lowest BCUT2D eigenvalue weighted by Crippen LogP contribution is -2.10. The molecule has 9 heteroatoms. The fourth-order valence-electron chi connectivity index (χ4n) is 4.45. The topological polar surface area (TPSA) is 80.7 Å². The molecule has 0 aliphatic rings. The van der Waals surface area contributed by atoms with E-state index in [1.165, 1.54) is 30.3 Å². The molecule has 5 aromatic rings. The highest BCUT2D eigenvalue weighted by Crippen LogP contribution is 2.32. The number of fused-ring (bicyclic) bond motifs is 1. The van der Waals surface area contributed by atoms with Crippen molar-refractivity contribution >= 4 is 26.6 Å². The molecule has 0 aliphatic carbocycles. The first-order valence-corrected chi connectivity index (χ1v) is 14.1. The number of carbonyl (C=O) groups is 1. The number of benzene rings is 5. The van der Waals surface area contributed by atoms with Crippen molar-refractivity contribution in [1.82, 2.24) is 0 Å². The van der Waals surface area contributed by atoms with Crippen LogP contribution in [0.25, 0.3) is 21.9 Å². The van der Waals surface area contributed by atoms with Crippen LogP contribution < -0.4 is 4.74 Å². The van der Waals surface area contributed by atoms with Gasteiger partial charge in [-0.1, -0.05) is 72.8 Å². The summed E-state index contributed by atoms with van der Waals surface area (Å²) in [6.07, 6.45) is -4.47. The molecule has 0 spiro atoms. The predicted molar refractivity (Wildman–Crippen MR) is 149 cm³/mol. The van der Waals surface area contributed by atoms with Gasteiger partial charge in [-0.3, -0.25) is 0 Å². The number of carboxylic acids is 1. The van der Waals surface area contributed by atoms with Crippen molar-refractivity contribution in [2.75, 3.05) is 0 Å². The van der Waals surface area contributed by atoms with Crippen LogP contribution in [0.3, 0.4) is 0 Å². The van der Waals surface area contributed by atoms with E-state index in [0.717, 1.165) is 22.9 Å². The molecule has 0 atom stereocenters. The molecule has 5 rings (SSSR count). The van der Waals surface area contributed by atoms with Gasteiger partial charge in [-0.15, -0.1) is 0 Å². The molecule has 0 radical (unpaired) electrons. The number of rotatable bonds is 8. The highest BCUT2D eigenvalue weighted by Gasteiger charge is 2.30. The van der Waals surface area contributed by atoms with Gasteiger partial charge in [0.25, 0.3) is 0 Å². The summed E-state index contributed by atoms with van der Waals surface area (Å²) in [6, 6.07) is 28.3. The van der Waals surface area contributed by atoms with E-state index in [-0.39, 0.29) is 28.4 Å². The minimum absolute atomic E-state index is 0.0353. The van der Waals surface area contributed by atoms with Gasteiger partial charge in [0.2, 0.25) is 0 Å². The molecule has 0 unspecified atom stereocenters. The maximum absolute atomic E-state index is 13.2. The van der Waals surface area contributed by atoms with E-state index >= 15 is 0 Å². The third-order valence-corrected chi connectivity index (χ3v) is 8.28. The number of carboxylic acid groups (broad SMARTS) is 1. The first kappa shape index (κ1) is 27.9. The van der Waals surface area contributed by atoms with Crippen LogP contribution in [-0.4, -0.2) is 19.5 Å². The van der Waals surface area contributed by atoms with Crippen LogP contribution in [-0.2, 0) is 28.4 Å². The normalized spacial score (nSPS) is 11.9. The summed E-state index contributed by atoms with van der Waals surface area (Å²) in [5.41, 5.74) is 1.19. The summed E-state index contributed by atoms with van der Waals surface area (Å²) in [5.74, 6) is -1.63. The van der Waals surface area contributed by atoms with E-state index in [1.807, 2.05) is 24.3 Å². The minimum atomic E-state index is -4.47. The quantitative estimate of drug-likeness (QED) is 0.204. The van der Waals surface area contributed by atoms with Crippen LogP contribution >= 0.6 is 0 Å². The second-order valence-corrected chi connectivity index (χ2v) is 11.4. The fraction of sp³-hybridized carbons (Fsp3) is 0.0938. The van der Waals surface area contributed by atoms with E-state index in [4.69, 9.17) is 4.74 Å². The summed E-state index contributed by atoms with van der Waals surface area (Å²) in [7, 11) is -3.82. The molecular formula is C32H23F3O5S. The number of hydrogen-bond acceptors (Lipinski definition) is 4. The van der Waals surface area contributed by atoms with Crippen LogP contribution in [0.1, 0.15) is 27.0 Å². The Bertz CT molecular complexity index is 1850. The van der Waals surface area contributed by atoms with Crippen molar-refractivity contribution in [2.45, 2.75) is 23.4 Å². The molecule has 208 valence electrons. The van der Waals surface area contributed by atoms with E-state index < -0.39 is 33.3 Å². The van der Waals surface area contributed by atoms with Gasteiger partial charge in [0.15, 0.2) is 9.84 Å². The third kappa shape index (κ3) is 6.41. The van der Waals surface area contributed by atoms with Gasteiger partial charge in [0.05, 0.1) is 21.8 Å². The van der Waals surface area contributed by atoms with Crippen LogP contribution in [0.15, 0.2) is 114 Å². The second-order valence-electron chi connectivity index (χ2n) is 9.46. The Morgan fingerprint density at radius 3 is 2.17 bits per heavy atom. The first-order chi connectivity index (χ1) is 19.5. The molecule has 1 N–H and O–H groups in total. The summed E-state index contributed by atoms with van der Waals surface area (Å²) < 4.78 is 70.7. The van der Waals surface area contributed by atoms with Gasteiger partial charge in [0, 0.05) is 0 Å². The summed E-state index contributed by atoms with van der Waals surface area (Å²) in [6.45, 7) is 0.0353. The van der Waals surface area contributed by atoms with Crippen LogP contribution in [0.4, 0.5) is 13.2 Å². The Labute approximate surface area is 234 Å². The van der Waals surface area contributed by atoms with E-state index in [9.17, 15) is 31.5 Å². The molecule has 0 bridgehead atoms. The highest BCUT2D eigenvalue weighted by molar-refractivity contribution is 7.90. The van der Waals surface area contributed by atoms with Crippen LogP contribution in [0.2, 0.25) is 0 Å². The molecule has 5 nitrogen and oxygen atoms in total. The van der Waals surface area contributed by atoms with Gasteiger partial charge in [-0.2, -0.15) is 13.2 Å². The van der Waals surface area contributed by atoms with Crippen molar-refractivity contribution in [3.63, 3.8) is 0 Å². The molecular weight excluding hydrogens is 553 g/mol. The van der Waals surface area contributed by atoms with Gasteiger partial charge in [-0.05, 0) is 69.4 Å². The van der Waals surface area contributed by atoms with Gasteiger partial charge in [-0.25, -0.2) is 13.2 Å². The Balaban J connectivity index is 1.33. The van der Waals surface area contributed by atoms with Gasteiger partial charge in [0.1, 0.15) is 12.4 Å². The summed E-state index contributed by atoms with van der Waals surface area (Å²) >= 11 is 0. The number of aromatic carboxylic acids is 1.